The Kier molecular flexibility index (Phi) is 6.70. The first kappa shape index (κ1) is 25.1. The Bertz CT molecular complexity index is 1500. The van der Waals surface area contributed by atoms with Crippen molar-refractivity contribution < 1.29 is 36.0 Å². The van der Waals surface area contributed by atoms with Crippen molar-refractivity contribution in [3.05, 3.63) is 84.4 Å². The average Bonchev–Trinajstić information content (AvgIpc) is 3.34. The molecule has 1 atom stereocenters. The highest BCUT2D eigenvalue weighted by molar-refractivity contribution is 7.89. The molecule has 11 heteroatoms. The number of carboxylic acids is 1. The van der Waals surface area contributed by atoms with Crippen LogP contribution in [0, 0.1) is 0 Å². The SMILES string of the molecule is C[C@@H](NS(=O)(=O)c1ccc(-c2cc(-c3ccc(-c4ccccc4)c(C(F)(F)F)c3)on2)cc1)C(=O)O. The van der Waals surface area contributed by atoms with Crippen LogP contribution in [0.25, 0.3) is 33.7 Å². The van der Waals surface area contributed by atoms with Crippen LogP contribution < -0.4 is 4.72 Å². The molecule has 0 saturated carbocycles. The molecule has 0 unspecified atom stereocenters. The van der Waals surface area contributed by atoms with E-state index >= 15 is 0 Å². The van der Waals surface area contributed by atoms with Gasteiger partial charge < -0.3 is 9.63 Å². The van der Waals surface area contributed by atoms with Crippen LogP contribution in [0.5, 0.6) is 0 Å². The molecule has 2 N–H and O–H groups in total. The first-order chi connectivity index (χ1) is 17.0. The van der Waals surface area contributed by atoms with Gasteiger partial charge in [-0.3, -0.25) is 4.79 Å². The van der Waals surface area contributed by atoms with E-state index in [0.29, 0.717) is 11.1 Å². The van der Waals surface area contributed by atoms with Crippen LogP contribution in [0.4, 0.5) is 13.2 Å². The number of benzene rings is 3. The van der Waals surface area contributed by atoms with Gasteiger partial charge in [0.15, 0.2) is 5.76 Å². The molecule has 4 aromatic rings. The molecule has 1 heterocycles. The highest BCUT2D eigenvalue weighted by atomic mass is 32.2. The monoisotopic (exact) mass is 516 g/mol. The van der Waals surface area contributed by atoms with Gasteiger partial charge in [-0.25, -0.2) is 8.42 Å². The fourth-order valence-corrected chi connectivity index (χ4v) is 4.70. The molecule has 36 heavy (non-hydrogen) atoms. The van der Waals surface area contributed by atoms with Crippen LogP contribution in [0.2, 0.25) is 0 Å². The van der Waals surface area contributed by atoms with Gasteiger partial charge in [0.2, 0.25) is 10.0 Å². The third-order valence-electron chi connectivity index (χ3n) is 5.37. The summed E-state index contributed by atoms with van der Waals surface area (Å²) in [5.74, 6) is -1.22. The number of halogens is 3. The standard InChI is InChI=1S/C25H19F3N2O5S/c1-15(24(31)32)30-36(33,34)19-10-7-17(8-11-19)22-14-23(35-29-22)18-9-12-20(16-5-3-2-4-6-16)21(13-18)25(26,27)28/h2-15,30H,1H3,(H,31,32)/t15-/m1/s1. The maximum absolute atomic E-state index is 13.8. The van der Waals surface area contributed by atoms with E-state index in [1.54, 1.807) is 30.3 Å². The Morgan fingerprint density at radius 3 is 2.19 bits per heavy atom. The first-order valence-electron chi connectivity index (χ1n) is 10.5. The zero-order valence-electron chi connectivity index (χ0n) is 18.7. The molecule has 7 nitrogen and oxygen atoms in total. The number of nitrogens with zero attached hydrogens (tertiary/aromatic N) is 1. The molecule has 0 fully saturated rings. The lowest BCUT2D eigenvalue weighted by Gasteiger charge is -2.14. The molecular formula is C25H19F3N2O5S. The minimum Gasteiger partial charge on any atom is -0.480 e. The van der Waals surface area contributed by atoms with Gasteiger partial charge in [0, 0.05) is 17.2 Å². The second-order valence-electron chi connectivity index (χ2n) is 7.91. The Morgan fingerprint density at radius 1 is 0.944 bits per heavy atom. The van der Waals surface area contributed by atoms with E-state index in [1.165, 1.54) is 49.4 Å². The van der Waals surface area contributed by atoms with Crippen LogP contribution in [-0.4, -0.2) is 30.7 Å². The molecule has 0 saturated heterocycles. The molecule has 4 rings (SSSR count). The second kappa shape index (κ2) is 9.59. The second-order valence-corrected chi connectivity index (χ2v) is 9.62. The van der Waals surface area contributed by atoms with Crippen molar-refractivity contribution in [2.24, 2.45) is 0 Å². The normalized spacial score (nSPS) is 12.9. The predicted octanol–water partition coefficient (Wildman–Crippen LogP) is 5.45. The summed E-state index contributed by atoms with van der Waals surface area (Å²) < 4.78 is 73.4. The van der Waals surface area contributed by atoms with Gasteiger partial charge in [-0.05, 0) is 36.2 Å². The molecule has 186 valence electrons. The molecular weight excluding hydrogens is 497 g/mol. The van der Waals surface area contributed by atoms with Crippen molar-refractivity contribution in [1.29, 1.82) is 0 Å². The summed E-state index contributed by atoms with van der Waals surface area (Å²) in [6.07, 6.45) is -4.60. The van der Waals surface area contributed by atoms with Gasteiger partial charge in [-0.15, -0.1) is 0 Å². The van der Waals surface area contributed by atoms with E-state index in [2.05, 4.69) is 5.16 Å². The Balaban J connectivity index is 1.63. The number of hydrogen-bond acceptors (Lipinski definition) is 5. The molecule has 0 amide bonds. The fourth-order valence-electron chi connectivity index (χ4n) is 3.50. The lowest BCUT2D eigenvalue weighted by Crippen LogP contribution is -2.38. The van der Waals surface area contributed by atoms with Gasteiger partial charge in [-0.1, -0.05) is 59.8 Å². The van der Waals surface area contributed by atoms with Gasteiger partial charge in [0.05, 0.1) is 10.5 Å². The fraction of sp³-hybridized carbons (Fsp3) is 0.120. The molecule has 1 aromatic heterocycles. The van der Waals surface area contributed by atoms with E-state index < -0.39 is 33.8 Å². The number of hydrogen-bond donors (Lipinski definition) is 2. The van der Waals surface area contributed by atoms with Gasteiger partial charge in [0.25, 0.3) is 0 Å². The number of carboxylic acid groups (broad SMARTS) is 1. The number of carbonyl (C=O) groups is 1. The number of nitrogens with one attached hydrogen (secondary N) is 1. The number of alkyl halides is 3. The quantitative estimate of drug-likeness (QED) is 0.338. The van der Waals surface area contributed by atoms with Gasteiger partial charge in [-0.2, -0.15) is 17.9 Å². The first-order valence-corrected chi connectivity index (χ1v) is 12.0. The smallest absolute Gasteiger partial charge is 0.417 e. The van der Waals surface area contributed by atoms with E-state index in [1.807, 2.05) is 4.72 Å². The van der Waals surface area contributed by atoms with Crippen LogP contribution in [-0.2, 0) is 21.0 Å². The van der Waals surface area contributed by atoms with Crippen LogP contribution in [0.3, 0.4) is 0 Å². The minimum absolute atomic E-state index is 0.0363. The van der Waals surface area contributed by atoms with Gasteiger partial charge in [0.1, 0.15) is 11.7 Å². The molecule has 0 spiro atoms. The van der Waals surface area contributed by atoms with E-state index in [9.17, 15) is 26.4 Å². The van der Waals surface area contributed by atoms with Crippen molar-refractivity contribution in [3.63, 3.8) is 0 Å². The molecule has 0 bridgehead atoms. The summed E-state index contributed by atoms with van der Waals surface area (Å²) in [7, 11) is -4.07. The van der Waals surface area contributed by atoms with Crippen LogP contribution >= 0.6 is 0 Å². The zero-order chi connectivity index (χ0) is 26.1. The Labute approximate surface area is 204 Å². The number of rotatable bonds is 7. The molecule has 0 aliphatic carbocycles. The average molecular weight is 516 g/mol. The Morgan fingerprint density at radius 2 is 1.58 bits per heavy atom. The topological polar surface area (TPSA) is 110 Å². The van der Waals surface area contributed by atoms with Crippen molar-refractivity contribution in [1.82, 2.24) is 9.88 Å². The summed E-state index contributed by atoms with van der Waals surface area (Å²) in [6, 6.07) is 17.6. The summed E-state index contributed by atoms with van der Waals surface area (Å²) in [6.45, 7) is 1.20. The van der Waals surface area contributed by atoms with Crippen LogP contribution in [0.1, 0.15) is 12.5 Å². The minimum atomic E-state index is -4.60. The van der Waals surface area contributed by atoms with Crippen molar-refractivity contribution in [2.45, 2.75) is 24.0 Å². The largest absolute Gasteiger partial charge is 0.480 e. The van der Waals surface area contributed by atoms with Crippen molar-refractivity contribution in [3.8, 4) is 33.7 Å². The number of sulfonamides is 1. The highest BCUT2D eigenvalue weighted by Crippen LogP contribution is 2.40. The molecule has 0 aliphatic heterocycles. The Hall–Kier alpha value is -3.96. The van der Waals surface area contributed by atoms with Crippen molar-refractivity contribution >= 4 is 16.0 Å². The summed E-state index contributed by atoms with van der Waals surface area (Å²) >= 11 is 0. The summed E-state index contributed by atoms with van der Waals surface area (Å²) in [4.78, 5) is 10.8. The van der Waals surface area contributed by atoms with Crippen LogP contribution in [0.15, 0.2) is 88.3 Å². The molecule has 0 radical (unpaired) electrons. The zero-order valence-corrected chi connectivity index (χ0v) is 19.5. The summed E-state index contributed by atoms with van der Waals surface area (Å²) in [5, 5.41) is 12.8. The van der Waals surface area contributed by atoms with Gasteiger partial charge >= 0.3 is 12.1 Å². The lowest BCUT2D eigenvalue weighted by atomic mass is 9.96. The van der Waals surface area contributed by atoms with E-state index in [0.717, 1.165) is 6.07 Å². The summed E-state index contributed by atoms with van der Waals surface area (Å²) in [5.41, 5.74) is 0.549. The van der Waals surface area contributed by atoms with E-state index in [-0.39, 0.29) is 27.5 Å². The third-order valence-corrected chi connectivity index (χ3v) is 6.92. The molecule has 0 aliphatic rings. The number of aromatic nitrogens is 1. The number of aliphatic carboxylic acids is 1. The lowest BCUT2D eigenvalue weighted by molar-refractivity contribution is -0.138. The maximum Gasteiger partial charge on any atom is 0.417 e. The highest BCUT2D eigenvalue weighted by Gasteiger charge is 2.34. The van der Waals surface area contributed by atoms with E-state index in [4.69, 9.17) is 9.63 Å². The van der Waals surface area contributed by atoms with Crippen molar-refractivity contribution in [2.75, 3.05) is 0 Å². The predicted molar refractivity (Wildman–Crippen MR) is 125 cm³/mol. The molecule has 3 aromatic carbocycles. The maximum atomic E-state index is 13.8. The third kappa shape index (κ3) is 5.31.